The Morgan fingerprint density at radius 3 is 1.60 bits per heavy atom. The van der Waals surface area contributed by atoms with Crippen LogP contribution in [-0.2, 0) is 23.8 Å². The van der Waals surface area contributed by atoms with Crippen molar-refractivity contribution < 1.29 is 23.8 Å². The van der Waals surface area contributed by atoms with Crippen LogP contribution in [0.15, 0.2) is 10.1 Å². The zero-order chi connectivity index (χ0) is 15.1. The molecule has 0 aromatic carbocycles. The summed E-state index contributed by atoms with van der Waals surface area (Å²) in [6, 6.07) is 0. The number of hydrogen-bond donors (Lipinski definition) is 0. The third-order valence-corrected chi connectivity index (χ3v) is 6.87. The van der Waals surface area contributed by atoms with E-state index in [-0.39, 0.29) is 10.1 Å². The smallest absolute Gasteiger partial charge is 0.319 e. The molecule has 2 bridgehead atoms. The summed E-state index contributed by atoms with van der Waals surface area (Å²) in [6.45, 7) is 0. The molecule has 1 heterocycles. The van der Waals surface area contributed by atoms with Crippen LogP contribution in [0.5, 0.6) is 0 Å². The Bertz CT molecular complexity index is 527. The van der Waals surface area contributed by atoms with Gasteiger partial charge in [-0.15, -0.1) is 23.2 Å². The molecule has 0 amide bonds. The van der Waals surface area contributed by atoms with E-state index in [1.54, 1.807) is 0 Å². The van der Waals surface area contributed by atoms with Gasteiger partial charge >= 0.3 is 11.9 Å². The molecular weight excluding hydrogens is 354 g/mol. The van der Waals surface area contributed by atoms with E-state index in [9.17, 15) is 9.59 Å². The van der Waals surface area contributed by atoms with Gasteiger partial charge in [0.25, 0.3) is 0 Å². The second-order valence-corrected chi connectivity index (χ2v) is 6.72. The van der Waals surface area contributed by atoms with Crippen molar-refractivity contribution in [1.82, 2.24) is 0 Å². The number of carbonyl (C=O) groups excluding carboxylic acids is 2. The molecule has 0 aromatic rings. The fraction of sp³-hybridized carbons (Fsp3) is 0.636. The molecule has 20 heavy (non-hydrogen) atoms. The summed E-state index contributed by atoms with van der Waals surface area (Å²) in [5.74, 6) is -5.63. The number of fused-ring (bicyclic) bond motifs is 5. The van der Waals surface area contributed by atoms with Gasteiger partial charge in [0, 0.05) is 14.2 Å². The molecule has 3 aliphatic rings. The van der Waals surface area contributed by atoms with Gasteiger partial charge in [-0.3, -0.25) is 9.59 Å². The number of ether oxygens (including phenoxy) is 3. The first-order valence-corrected chi connectivity index (χ1v) is 7.05. The minimum Gasteiger partial charge on any atom is -0.393 e. The van der Waals surface area contributed by atoms with Crippen molar-refractivity contribution in [3.05, 3.63) is 10.1 Å². The minimum atomic E-state index is -1.75. The molecule has 4 atom stereocenters. The lowest BCUT2D eigenvalue weighted by molar-refractivity contribution is -0.223. The highest BCUT2D eigenvalue weighted by Crippen LogP contribution is 2.75. The summed E-state index contributed by atoms with van der Waals surface area (Å²) in [7, 11) is 2.57. The third kappa shape index (κ3) is 1.12. The number of cyclic esters (lactones) is 2. The summed E-state index contributed by atoms with van der Waals surface area (Å²) in [6.07, 6.45) is 0. The first kappa shape index (κ1) is 14.9. The highest BCUT2D eigenvalue weighted by atomic mass is 35.5. The van der Waals surface area contributed by atoms with Crippen molar-refractivity contribution in [2.75, 3.05) is 14.2 Å². The number of methoxy groups -OCH3 is 2. The first-order chi connectivity index (χ1) is 9.24. The molecule has 5 nitrogen and oxygen atoms in total. The Morgan fingerprint density at radius 2 is 1.30 bits per heavy atom. The van der Waals surface area contributed by atoms with Gasteiger partial charge < -0.3 is 14.2 Å². The molecule has 0 aromatic heterocycles. The van der Waals surface area contributed by atoms with E-state index in [2.05, 4.69) is 4.74 Å². The van der Waals surface area contributed by atoms with Gasteiger partial charge in [0.2, 0.25) is 5.79 Å². The van der Waals surface area contributed by atoms with E-state index in [0.717, 1.165) is 0 Å². The SMILES string of the molecule is COC1(OC)[C@@]2(Cl)C(Cl)=C(Cl)[C@@]1(Cl)[C@H]1C(=O)OC(=O)[C@H]12. The van der Waals surface area contributed by atoms with Crippen molar-refractivity contribution in [1.29, 1.82) is 0 Å². The predicted molar refractivity (Wildman–Crippen MR) is 70.7 cm³/mol. The fourth-order valence-corrected chi connectivity index (χ4v) is 5.67. The van der Waals surface area contributed by atoms with Crippen LogP contribution < -0.4 is 0 Å². The number of rotatable bonds is 2. The van der Waals surface area contributed by atoms with Gasteiger partial charge in [-0.1, -0.05) is 23.2 Å². The average Bonchev–Trinajstić information content (AvgIpc) is 2.85. The van der Waals surface area contributed by atoms with Gasteiger partial charge in [0.15, 0.2) is 9.75 Å². The lowest BCUT2D eigenvalue weighted by Crippen LogP contribution is -2.58. The highest BCUT2D eigenvalue weighted by Gasteiger charge is 2.89. The van der Waals surface area contributed by atoms with Crippen molar-refractivity contribution in [3.63, 3.8) is 0 Å². The lowest BCUT2D eigenvalue weighted by Gasteiger charge is -2.41. The largest absolute Gasteiger partial charge is 0.393 e. The molecule has 9 heteroatoms. The quantitative estimate of drug-likeness (QED) is 0.325. The second-order valence-electron chi connectivity index (χ2n) is 4.77. The average molecular weight is 362 g/mol. The number of esters is 2. The number of halogens is 4. The zero-order valence-corrected chi connectivity index (χ0v) is 13.2. The van der Waals surface area contributed by atoms with Crippen LogP contribution in [0.3, 0.4) is 0 Å². The third-order valence-electron chi connectivity index (χ3n) is 4.26. The molecule has 3 rings (SSSR count). The van der Waals surface area contributed by atoms with E-state index < -0.39 is 39.3 Å². The van der Waals surface area contributed by atoms with Crippen LogP contribution >= 0.6 is 46.4 Å². The van der Waals surface area contributed by atoms with E-state index in [1.165, 1.54) is 14.2 Å². The van der Waals surface area contributed by atoms with Crippen LogP contribution in [0.1, 0.15) is 0 Å². The topological polar surface area (TPSA) is 61.8 Å². The Balaban J connectivity index is 2.37. The molecule has 1 saturated carbocycles. The maximum atomic E-state index is 12.0. The van der Waals surface area contributed by atoms with Crippen LogP contribution in [-0.4, -0.2) is 41.7 Å². The van der Waals surface area contributed by atoms with Crippen LogP contribution in [0.4, 0.5) is 0 Å². The normalized spacial score (nSPS) is 45.1. The van der Waals surface area contributed by atoms with Crippen molar-refractivity contribution in [2.24, 2.45) is 11.8 Å². The monoisotopic (exact) mass is 360 g/mol. The molecule has 0 spiro atoms. The number of alkyl halides is 2. The predicted octanol–water partition coefficient (Wildman–Crippen LogP) is 1.96. The molecule has 110 valence electrons. The Labute approximate surface area is 134 Å². The van der Waals surface area contributed by atoms with Crippen molar-refractivity contribution in [3.8, 4) is 0 Å². The Kier molecular flexibility index (Phi) is 3.00. The van der Waals surface area contributed by atoms with E-state index >= 15 is 0 Å². The summed E-state index contributed by atoms with van der Waals surface area (Å²) in [5, 5.41) is -0.153. The Hall–Kier alpha value is -0.0400. The van der Waals surface area contributed by atoms with E-state index in [4.69, 9.17) is 55.9 Å². The first-order valence-electron chi connectivity index (χ1n) is 5.54. The van der Waals surface area contributed by atoms with Gasteiger partial charge in [-0.05, 0) is 0 Å². The summed E-state index contributed by atoms with van der Waals surface area (Å²) < 4.78 is 15.3. The van der Waals surface area contributed by atoms with Crippen LogP contribution in [0.25, 0.3) is 0 Å². The summed E-state index contributed by atoms with van der Waals surface area (Å²) >= 11 is 25.4. The molecular formula is C11H8Cl4O5. The van der Waals surface area contributed by atoms with E-state index in [1.807, 2.05) is 0 Å². The lowest BCUT2D eigenvalue weighted by atomic mass is 9.84. The summed E-state index contributed by atoms with van der Waals surface area (Å²) in [5.41, 5.74) is 0. The standard InChI is InChI=1S/C11H8Cl4O5/c1-18-11(19-2)9(14)3-4(8(17)20-7(3)16)10(11,15)6(13)5(9)12/h3-4H,1-2H3/t3-,4+,9-,10-/m0/s1. The molecule has 0 unspecified atom stereocenters. The van der Waals surface area contributed by atoms with Gasteiger partial charge in [-0.25, -0.2) is 0 Å². The van der Waals surface area contributed by atoms with Crippen LogP contribution in [0, 0.1) is 11.8 Å². The molecule has 0 radical (unpaired) electrons. The van der Waals surface area contributed by atoms with Gasteiger partial charge in [-0.2, -0.15) is 0 Å². The van der Waals surface area contributed by atoms with Crippen LogP contribution in [0.2, 0.25) is 0 Å². The Morgan fingerprint density at radius 1 is 0.950 bits per heavy atom. The van der Waals surface area contributed by atoms with Gasteiger partial charge in [0.1, 0.15) is 11.8 Å². The van der Waals surface area contributed by atoms with Crippen molar-refractivity contribution in [2.45, 2.75) is 15.5 Å². The highest BCUT2D eigenvalue weighted by molar-refractivity contribution is 6.53. The van der Waals surface area contributed by atoms with Crippen molar-refractivity contribution >= 4 is 58.3 Å². The molecule has 0 N–H and O–H groups in total. The maximum Gasteiger partial charge on any atom is 0.319 e. The molecule has 2 aliphatic carbocycles. The molecule has 2 fully saturated rings. The number of carbonyl (C=O) groups is 2. The number of hydrogen-bond acceptors (Lipinski definition) is 5. The minimum absolute atomic E-state index is 0.0765. The zero-order valence-electron chi connectivity index (χ0n) is 10.2. The second kappa shape index (κ2) is 4.03. The van der Waals surface area contributed by atoms with Gasteiger partial charge in [0.05, 0.1) is 10.1 Å². The molecule has 1 aliphatic heterocycles. The summed E-state index contributed by atoms with van der Waals surface area (Å²) in [4.78, 5) is 20.5. The fourth-order valence-electron chi connectivity index (χ4n) is 3.52. The maximum absolute atomic E-state index is 12.0. The van der Waals surface area contributed by atoms with E-state index in [0.29, 0.717) is 0 Å². The molecule has 1 saturated heterocycles.